The van der Waals surface area contributed by atoms with E-state index in [4.69, 9.17) is 30.8 Å². The Bertz CT molecular complexity index is 1390. The van der Waals surface area contributed by atoms with Crippen molar-refractivity contribution in [3.63, 3.8) is 0 Å². The largest absolute Gasteiger partial charge is 0.482 e. The molecule has 3 aliphatic rings. The van der Waals surface area contributed by atoms with Gasteiger partial charge in [-0.3, -0.25) is 4.79 Å². The van der Waals surface area contributed by atoms with Crippen molar-refractivity contribution in [2.75, 3.05) is 39.9 Å². The molecule has 4 heterocycles. The zero-order valence-electron chi connectivity index (χ0n) is 22.1. The molecular formula is C30H33ClN4O4. The number of aromatic nitrogens is 2. The molecule has 8 nitrogen and oxygen atoms in total. The number of nitrogens with zero attached hydrogens (tertiary/aromatic N) is 4. The maximum atomic E-state index is 12.1. The number of carbonyl (C=O) groups is 1. The number of piperidine rings is 1. The fraction of sp³-hybridized carbons (Fsp3) is 0.433. The molecule has 2 unspecified atom stereocenters. The lowest BCUT2D eigenvalue weighted by atomic mass is 9.92. The molecule has 6 rings (SSSR count). The maximum Gasteiger partial charge on any atom is 0.320 e. The van der Waals surface area contributed by atoms with Gasteiger partial charge in [0, 0.05) is 41.0 Å². The Hall–Kier alpha value is -3.36. The van der Waals surface area contributed by atoms with Gasteiger partial charge in [0.15, 0.2) is 6.10 Å². The molecular weight excluding hydrogens is 516 g/mol. The Kier molecular flexibility index (Phi) is 7.32. The van der Waals surface area contributed by atoms with Crippen LogP contribution in [0, 0.1) is 0 Å². The number of fused-ring (bicyclic) bond motifs is 2. The molecule has 9 heteroatoms. The Morgan fingerprint density at radius 1 is 1.15 bits per heavy atom. The van der Waals surface area contributed by atoms with Gasteiger partial charge in [0.1, 0.15) is 13.2 Å². The summed E-state index contributed by atoms with van der Waals surface area (Å²) in [5.41, 5.74) is 1.74. The first-order chi connectivity index (χ1) is 19.0. The molecule has 204 valence electrons. The van der Waals surface area contributed by atoms with E-state index >= 15 is 0 Å². The van der Waals surface area contributed by atoms with Crippen LogP contribution in [0.15, 0.2) is 49.1 Å². The molecule has 2 atom stereocenters. The molecule has 1 amide bonds. The summed E-state index contributed by atoms with van der Waals surface area (Å²) in [6.07, 6.45) is 4.77. The van der Waals surface area contributed by atoms with Gasteiger partial charge in [0.2, 0.25) is 11.7 Å². The van der Waals surface area contributed by atoms with E-state index in [1.165, 1.54) is 6.08 Å². The van der Waals surface area contributed by atoms with Crippen LogP contribution in [0.25, 0.3) is 10.8 Å². The van der Waals surface area contributed by atoms with E-state index < -0.39 is 0 Å². The molecule has 0 saturated carbocycles. The van der Waals surface area contributed by atoms with Gasteiger partial charge in [0.05, 0.1) is 5.69 Å². The summed E-state index contributed by atoms with van der Waals surface area (Å²) in [7, 11) is 2.12. The topological polar surface area (TPSA) is 77.0 Å². The van der Waals surface area contributed by atoms with Crippen LogP contribution in [-0.4, -0.2) is 71.6 Å². The lowest BCUT2D eigenvalue weighted by molar-refractivity contribution is -0.127. The van der Waals surface area contributed by atoms with Crippen molar-refractivity contribution >= 4 is 28.3 Å². The van der Waals surface area contributed by atoms with Crippen molar-refractivity contribution in [3.8, 4) is 17.6 Å². The van der Waals surface area contributed by atoms with E-state index in [1.54, 1.807) is 0 Å². The molecule has 39 heavy (non-hydrogen) atoms. The molecule has 0 radical (unpaired) electrons. The number of rotatable bonds is 6. The summed E-state index contributed by atoms with van der Waals surface area (Å²) >= 11 is 6.61. The smallest absolute Gasteiger partial charge is 0.320 e. The second kappa shape index (κ2) is 11.0. The van der Waals surface area contributed by atoms with Crippen LogP contribution in [0.1, 0.15) is 49.0 Å². The monoisotopic (exact) mass is 548 g/mol. The van der Waals surface area contributed by atoms with E-state index in [-0.39, 0.29) is 17.9 Å². The molecule has 0 aliphatic carbocycles. The number of hydrogen-bond acceptors (Lipinski definition) is 7. The molecule has 1 aromatic heterocycles. The fourth-order valence-electron chi connectivity index (χ4n) is 5.92. The van der Waals surface area contributed by atoms with E-state index in [0.29, 0.717) is 55.0 Å². The highest BCUT2D eigenvalue weighted by Crippen LogP contribution is 2.44. The number of amides is 1. The summed E-state index contributed by atoms with van der Waals surface area (Å²) < 4.78 is 19.0. The lowest BCUT2D eigenvalue weighted by Gasteiger charge is -2.33. The predicted octanol–water partition coefficient (Wildman–Crippen LogP) is 5.16. The number of likely N-dealkylation sites (N-methyl/N-ethyl adjacent to an activating group) is 1. The first-order valence-corrected chi connectivity index (χ1v) is 14.0. The summed E-state index contributed by atoms with van der Waals surface area (Å²) in [5, 5.41) is 2.67. The van der Waals surface area contributed by atoms with Crippen LogP contribution in [0.4, 0.5) is 0 Å². The molecule has 0 spiro atoms. The number of benzene rings is 2. The van der Waals surface area contributed by atoms with Gasteiger partial charge in [-0.2, -0.15) is 9.97 Å². The van der Waals surface area contributed by atoms with Gasteiger partial charge < -0.3 is 24.0 Å². The number of halogens is 1. The standard InChI is InChI=1S/C30H33ClN4O4/c1-3-25(36)35-15-12-20(13-16-35)27-28-29(33-30(32-27)38-17-21-9-6-14-34(21)2)39-24(18-37-28)22-10-4-7-19-8-5-11-23(31)26(19)22/h3-5,7-8,10-11,20-21,24H,1,6,9,12-18H2,2H3. The second-order valence-electron chi connectivity index (χ2n) is 10.5. The van der Waals surface area contributed by atoms with Crippen molar-refractivity contribution in [1.29, 1.82) is 0 Å². The zero-order chi connectivity index (χ0) is 26.9. The Morgan fingerprint density at radius 3 is 2.69 bits per heavy atom. The number of carbonyl (C=O) groups excluding carboxylic acids is 1. The average Bonchev–Trinajstić information content (AvgIpc) is 3.39. The van der Waals surface area contributed by atoms with E-state index in [9.17, 15) is 4.79 Å². The van der Waals surface area contributed by atoms with Crippen molar-refractivity contribution in [2.24, 2.45) is 0 Å². The van der Waals surface area contributed by atoms with Crippen molar-refractivity contribution in [2.45, 2.75) is 43.7 Å². The third-order valence-electron chi connectivity index (χ3n) is 8.15. The second-order valence-corrected chi connectivity index (χ2v) is 10.9. The molecule has 3 aliphatic heterocycles. The predicted molar refractivity (Wildman–Crippen MR) is 150 cm³/mol. The first-order valence-electron chi connectivity index (χ1n) is 13.6. The first kappa shape index (κ1) is 25.9. The average molecular weight is 549 g/mol. The van der Waals surface area contributed by atoms with Crippen LogP contribution in [0.3, 0.4) is 0 Å². The zero-order valence-corrected chi connectivity index (χ0v) is 22.9. The van der Waals surface area contributed by atoms with Crippen molar-refractivity contribution in [1.82, 2.24) is 19.8 Å². The maximum absolute atomic E-state index is 12.1. The van der Waals surface area contributed by atoms with Crippen molar-refractivity contribution < 1.29 is 19.0 Å². The highest BCUT2D eigenvalue weighted by molar-refractivity contribution is 6.35. The van der Waals surface area contributed by atoms with E-state index in [2.05, 4.69) is 23.5 Å². The van der Waals surface area contributed by atoms with E-state index in [0.717, 1.165) is 54.3 Å². The third-order valence-corrected chi connectivity index (χ3v) is 8.47. The Morgan fingerprint density at radius 2 is 1.95 bits per heavy atom. The highest BCUT2D eigenvalue weighted by atomic mass is 35.5. The fourth-order valence-corrected chi connectivity index (χ4v) is 6.21. The van der Waals surface area contributed by atoms with Gasteiger partial charge in [-0.25, -0.2) is 0 Å². The SMILES string of the molecule is C=CC(=O)N1CCC(c2nc(OCC3CCCN3C)nc3c2OCC(c2cccc4cccc(Cl)c24)O3)CC1. The Labute approximate surface area is 233 Å². The molecule has 2 aromatic carbocycles. The molecule has 2 fully saturated rings. The highest BCUT2D eigenvalue weighted by Gasteiger charge is 2.34. The normalized spacial score (nSPS) is 21.7. The van der Waals surface area contributed by atoms with Gasteiger partial charge in [-0.05, 0) is 56.8 Å². The third kappa shape index (κ3) is 5.15. The molecule has 0 bridgehead atoms. The van der Waals surface area contributed by atoms with Crippen LogP contribution >= 0.6 is 11.6 Å². The number of hydrogen-bond donors (Lipinski definition) is 0. The summed E-state index contributed by atoms with van der Waals surface area (Å²) in [6, 6.07) is 12.6. The van der Waals surface area contributed by atoms with Gasteiger partial charge in [-0.1, -0.05) is 48.5 Å². The lowest BCUT2D eigenvalue weighted by Crippen LogP contribution is -2.37. The van der Waals surface area contributed by atoms with E-state index in [1.807, 2.05) is 41.3 Å². The van der Waals surface area contributed by atoms with Gasteiger partial charge >= 0.3 is 6.01 Å². The minimum Gasteiger partial charge on any atom is -0.482 e. The molecule has 3 aromatic rings. The quantitative estimate of drug-likeness (QED) is 0.394. The van der Waals surface area contributed by atoms with Crippen LogP contribution in [-0.2, 0) is 4.79 Å². The molecule has 2 saturated heterocycles. The van der Waals surface area contributed by atoms with Crippen LogP contribution in [0.5, 0.6) is 17.6 Å². The van der Waals surface area contributed by atoms with Crippen molar-refractivity contribution in [3.05, 3.63) is 65.3 Å². The summed E-state index contributed by atoms with van der Waals surface area (Å²) in [5.74, 6) is 1.01. The summed E-state index contributed by atoms with van der Waals surface area (Å²) in [4.78, 5) is 25.8. The van der Waals surface area contributed by atoms with Gasteiger partial charge in [-0.15, -0.1) is 0 Å². The van der Waals surface area contributed by atoms with Gasteiger partial charge in [0.25, 0.3) is 5.88 Å². The minimum absolute atomic E-state index is 0.0426. The van der Waals surface area contributed by atoms with Crippen LogP contribution < -0.4 is 14.2 Å². The minimum atomic E-state index is -0.385. The van der Waals surface area contributed by atoms with Crippen LogP contribution in [0.2, 0.25) is 5.02 Å². The number of ether oxygens (including phenoxy) is 3. The summed E-state index contributed by atoms with van der Waals surface area (Å²) in [6.45, 7) is 6.79. The molecule has 0 N–H and O–H groups in total. The Balaban J connectivity index is 1.31. The number of likely N-dealkylation sites (tertiary alicyclic amines) is 2.